The first kappa shape index (κ1) is 32.4. The lowest BCUT2D eigenvalue weighted by Gasteiger charge is -2.41. The van der Waals surface area contributed by atoms with E-state index in [-0.39, 0.29) is 30.6 Å². The molecule has 0 spiro atoms. The van der Waals surface area contributed by atoms with Gasteiger partial charge < -0.3 is 24.6 Å². The van der Waals surface area contributed by atoms with Crippen LogP contribution in [0.5, 0.6) is 0 Å². The zero-order chi connectivity index (χ0) is 31.8. The van der Waals surface area contributed by atoms with Gasteiger partial charge in [0.2, 0.25) is 0 Å². The highest BCUT2D eigenvalue weighted by atomic mass is 32.2. The lowest BCUT2D eigenvalue weighted by Crippen LogP contribution is -2.38. The van der Waals surface area contributed by atoms with E-state index >= 15 is 0 Å². The maximum absolute atomic E-state index is 12.4. The van der Waals surface area contributed by atoms with Crippen molar-refractivity contribution in [3.8, 4) is 11.1 Å². The summed E-state index contributed by atoms with van der Waals surface area (Å²) in [6.45, 7) is 5.30. The topological polar surface area (TPSA) is 94.1 Å². The number of benzene rings is 4. The molecular weight excluding hydrogens is 586 g/mol. The Bertz CT molecular complexity index is 1560. The number of aliphatic hydroxyl groups excluding tert-OH is 1. The van der Waals surface area contributed by atoms with Crippen LogP contribution in [0.2, 0.25) is 0 Å². The molecule has 5 atom stereocenters. The molecular formula is C37H39NO6S. The number of hydrogen-bond donors (Lipinski definition) is 2. The molecule has 0 radical (unpaired) electrons. The van der Waals surface area contributed by atoms with Crippen LogP contribution in [0.3, 0.4) is 0 Å². The Labute approximate surface area is 268 Å². The Balaban J connectivity index is 1.34. The van der Waals surface area contributed by atoms with E-state index in [9.17, 15) is 14.7 Å². The van der Waals surface area contributed by atoms with Crippen LogP contribution < -0.4 is 5.32 Å². The van der Waals surface area contributed by atoms with E-state index in [4.69, 9.17) is 14.2 Å². The second-order valence-corrected chi connectivity index (χ2v) is 12.3. The predicted octanol–water partition coefficient (Wildman–Crippen LogP) is 7.00. The fourth-order valence-corrected chi connectivity index (χ4v) is 6.50. The summed E-state index contributed by atoms with van der Waals surface area (Å²) in [6, 6.07) is 34.3. The van der Waals surface area contributed by atoms with Gasteiger partial charge in [-0.1, -0.05) is 97.9 Å². The summed E-state index contributed by atoms with van der Waals surface area (Å²) in [5.74, 6) is 0.0357. The van der Waals surface area contributed by atoms with Crippen molar-refractivity contribution in [1.29, 1.82) is 0 Å². The molecule has 1 heterocycles. The monoisotopic (exact) mass is 625 g/mol. The van der Waals surface area contributed by atoms with Gasteiger partial charge in [0, 0.05) is 35.6 Å². The molecule has 5 unspecified atom stereocenters. The maximum atomic E-state index is 12.4. The molecule has 0 saturated carbocycles. The van der Waals surface area contributed by atoms with Crippen LogP contribution in [0.25, 0.3) is 11.1 Å². The molecule has 0 aliphatic carbocycles. The molecule has 1 amide bonds. The molecule has 0 bridgehead atoms. The summed E-state index contributed by atoms with van der Waals surface area (Å²) in [6.07, 6.45) is -1.67. The summed E-state index contributed by atoms with van der Waals surface area (Å²) in [5, 5.41) is 12.4. The summed E-state index contributed by atoms with van der Waals surface area (Å²) in [7, 11) is 0. The molecule has 45 heavy (non-hydrogen) atoms. The van der Waals surface area contributed by atoms with E-state index < -0.39 is 18.4 Å². The minimum atomic E-state index is -0.862. The van der Waals surface area contributed by atoms with Crippen LogP contribution in [-0.2, 0) is 37.0 Å². The Hall–Kier alpha value is -3.95. The number of nitrogens with one attached hydrogen (secondary N) is 1. The third-order valence-electron chi connectivity index (χ3n) is 7.96. The number of aliphatic hydroxyl groups is 1. The number of ether oxygens (including phenoxy) is 3. The Morgan fingerprint density at radius 3 is 2.24 bits per heavy atom. The van der Waals surface area contributed by atoms with Gasteiger partial charge in [0.25, 0.3) is 5.91 Å². The zero-order valence-corrected chi connectivity index (χ0v) is 26.5. The summed E-state index contributed by atoms with van der Waals surface area (Å²) >= 11 is 1.78. The fourth-order valence-electron chi connectivity index (χ4n) is 5.41. The minimum absolute atomic E-state index is 0.00130. The van der Waals surface area contributed by atoms with E-state index in [1.165, 1.54) is 11.8 Å². The third-order valence-corrected chi connectivity index (χ3v) is 9.06. The normalized spacial score (nSPS) is 20.3. The average Bonchev–Trinajstić information content (AvgIpc) is 3.07. The predicted molar refractivity (Wildman–Crippen MR) is 175 cm³/mol. The first-order valence-corrected chi connectivity index (χ1v) is 16.1. The van der Waals surface area contributed by atoms with E-state index in [0.717, 1.165) is 39.1 Å². The number of carbonyl (C=O) groups is 2. The van der Waals surface area contributed by atoms with Gasteiger partial charge in [-0.25, -0.2) is 0 Å². The Morgan fingerprint density at radius 1 is 0.889 bits per heavy atom. The van der Waals surface area contributed by atoms with Crippen LogP contribution in [-0.4, -0.2) is 34.9 Å². The zero-order valence-electron chi connectivity index (χ0n) is 25.7. The van der Waals surface area contributed by atoms with Crippen LogP contribution in [0.4, 0.5) is 0 Å². The average molecular weight is 626 g/mol. The van der Waals surface area contributed by atoms with Gasteiger partial charge in [0.15, 0.2) is 12.4 Å². The number of esters is 1. The number of thioether (sulfide) groups is 1. The number of hydrogen-bond acceptors (Lipinski definition) is 7. The van der Waals surface area contributed by atoms with Crippen molar-refractivity contribution in [2.45, 2.75) is 63.4 Å². The van der Waals surface area contributed by atoms with Gasteiger partial charge in [0.05, 0.1) is 18.8 Å². The molecule has 4 aromatic rings. The molecule has 0 aromatic heterocycles. The highest BCUT2D eigenvalue weighted by molar-refractivity contribution is 7.99. The SMILES string of the molecule is CC(=O)OC(C)C(=O)NCc1ccccc1-c1ccc(C2OC(CSc3ccccc3)C(C)C(c3ccc(CO)cc3)O2)cc1. The number of carbonyl (C=O) groups excluding carboxylic acids is 2. The van der Waals surface area contributed by atoms with Gasteiger partial charge in [-0.2, -0.15) is 0 Å². The second kappa shape index (κ2) is 15.4. The summed E-state index contributed by atoms with van der Waals surface area (Å²) < 4.78 is 18.3. The molecule has 1 fully saturated rings. The lowest BCUT2D eigenvalue weighted by atomic mass is 9.91. The van der Waals surface area contributed by atoms with Gasteiger partial charge in [-0.15, -0.1) is 11.8 Å². The van der Waals surface area contributed by atoms with E-state index in [1.807, 2.05) is 91.0 Å². The molecule has 4 aromatic carbocycles. The molecule has 1 saturated heterocycles. The van der Waals surface area contributed by atoms with E-state index in [0.29, 0.717) is 6.54 Å². The quantitative estimate of drug-likeness (QED) is 0.137. The molecule has 1 aliphatic heterocycles. The minimum Gasteiger partial charge on any atom is -0.453 e. The molecule has 7 nitrogen and oxygen atoms in total. The molecule has 8 heteroatoms. The van der Waals surface area contributed by atoms with Crippen molar-refractivity contribution in [2.75, 3.05) is 5.75 Å². The molecule has 2 N–H and O–H groups in total. The first-order valence-electron chi connectivity index (χ1n) is 15.1. The van der Waals surface area contributed by atoms with Gasteiger partial charge in [-0.05, 0) is 46.9 Å². The van der Waals surface area contributed by atoms with Crippen molar-refractivity contribution in [1.82, 2.24) is 5.32 Å². The number of rotatable bonds is 11. The molecule has 5 rings (SSSR count). The molecule has 1 aliphatic rings. The smallest absolute Gasteiger partial charge is 0.303 e. The summed E-state index contributed by atoms with van der Waals surface area (Å²) in [4.78, 5) is 24.8. The van der Waals surface area contributed by atoms with Crippen molar-refractivity contribution < 1.29 is 28.9 Å². The summed E-state index contributed by atoms with van der Waals surface area (Å²) in [5.41, 5.74) is 5.75. The largest absolute Gasteiger partial charge is 0.453 e. The van der Waals surface area contributed by atoms with Crippen LogP contribution in [0, 0.1) is 5.92 Å². The van der Waals surface area contributed by atoms with Gasteiger partial charge in [-0.3, -0.25) is 9.59 Å². The van der Waals surface area contributed by atoms with Crippen LogP contribution in [0.15, 0.2) is 108 Å². The highest BCUT2D eigenvalue weighted by Crippen LogP contribution is 2.43. The maximum Gasteiger partial charge on any atom is 0.303 e. The number of amides is 1. The van der Waals surface area contributed by atoms with Gasteiger partial charge in [0.1, 0.15) is 0 Å². The standard InChI is InChI=1S/C37H39NO6S/c1-24-34(23-45-32-10-5-4-6-11-32)43-37(44-35(24)29-15-13-27(22-39)14-16-29)30-19-17-28(18-20-30)33-12-8-7-9-31(33)21-38-36(41)25(2)42-26(3)40/h4-20,24-25,34-35,37,39H,21-23H2,1-3H3,(H,38,41). The van der Waals surface area contributed by atoms with E-state index in [2.05, 4.69) is 24.4 Å². The van der Waals surface area contributed by atoms with Crippen molar-refractivity contribution in [2.24, 2.45) is 5.92 Å². The van der Waals surface area contributed by atoms with Crippen LogP contribution in [0.1, 0.15) is 55.4 Å². The van der Waals surface area contributed by atoms with Crippen molar-refractivity contribution in [3.63, 3.8) is 0 Å². The lowest BCUT2D eigenvalue weighted by molar-refractivity contribution is -0.268. The van der Waals surface area contributed by atoms with Crippen molar-refractivity contribution in [3.05, 3.63) is 125 Å². The second-order valence-electron chi connectivity index (χ2n) is 11.2. The highest BCUT2D eigenvalue weighted by Gasteiger charge is 2.38. The third kappa shape index (κ3) is 8.41. The molecule has 234 valence electrons. The van der Waals surface area contributed by atoms with E-state index in [1.54, 1.807) is 18.7 Å². The van der Waals surface area contributed by atoms with Crippen LogP contribution >= 0.6 is 11.8 Å². The Kier molecular flexibility index (Phi) is 11.1. The van der Waals surface area contributed by atoms with Crippen molar-refractivity contribution >= 4 is 23.6 Å². The fraction of sp³-hybridized carbons (Fsp3) is 0.297. The van der Waals surface area contributed by atoms with Gasteiger partial charge >= 0.3 is 5.97 Å². The first-order chi connectivity index (χ1) is 21.8. The Morgan fingerprint density at radius 2 is 1.56 bits per heavy atom.